The van der Waals surface area contributed by atoms with Gasteiger partial charge in [-0.15, -0.1) is 0 Å². The number of halogens is 3. The predicted octanol–water partition coefficient (Wildman–Crippen LogP) is 1.35. The van der Waals surface area contributed by atoms with Crippen molar-refractivity contribution in [1.29, 1.82) is 0 Å². The van der Waals surface area contributed by atoms with Gasteiger partial charge in [-0.25, -0.2) is 15.0 Å². The average Bonchev–Trinajstić information content (AvgIpc) is 3.07. The molecule has 9 heteroatoms. The molecule has 0 radical (unpaired) electrons. The van der Waals surface area contributed by atoms with E-state index in [1.165, 1.54) is 17.2 Å². The molecule has 2 aromatic heterocycles. The highest BCUT2D eigenvalue weighted by Gasteiger charge is 2.38. The summed E-state index contributed by atoms with van der Waals surface area (Å²) in [5.41, 5.74) is 0.768. The molecule has 21 heavy (non-hydrogen) atoms. The molecular weight excluding hydrogens is 287 g/mol. The molecule has 114 valence electrons. The number of hydrogen-bond acceptors (Lipinski definition) is 5. The van der Waals surface area contributed by atoms with E-state index >= 15 is 0 Å². The number of aromatic nitrogens is 4. The topological polar surface area (TPSA) is 67.1 Å². The second-order valence-corrected chi connectivity index (χ2v) is 5.02. The Balaban J connectivity index is 1.93. The Kier molecular flexibility index (Phi) is 3.44. The van der Waals surface area contributed by atoms with Crippen LogP contribution in [0.5, 0.6) is 0 Å². The molecule has 0 aromatic carbocycles. The second kappa shape index (κ2) is 5.14. The van der Waals surface area contributed by atoms with Gasteiger partial charge in [0.1, 0.15) is 6.33 Å². The summed E-state index contributed by atoms with van der Waals surface area (Å²) in [5.74, 6) is 0.637. The van der Waals surface area contributed by atoms with Crippen molar-refractivity contribution in [3.05, 3.63) is 12.7 Å². The van der Waals surface area contributed by atoms with E-state index in [0.29, 0.717) is 17.0 Å². The number of aliphatic hydroxyl groups excluding tert-OH is 1. The predicted molar refractivity (Wildman–Crippen MR) is 68.8 cm³/mol. The van der Waals surface area contributed by atoms with E-state index in [-0.39, 0.29) is 0 Å². The quantitative estimate of drug-likeness (QED) is 0.927. The van der Waals surface area contributed by atoms with Crippen molar-refractivity contribution in [2.75, 3.05) is 18.0 Å². The van der Waals surface area contributed by atoms with Crippen LogP contribution in [-0.4, -0.2) is 50.0 Å². The van der Waals surface area contributed by atoms with Crippen molar-refractivity contribution in [3.8, 4) is 0 Å². The Hall–Kier alpha value is -1.90. The maximum atomic E-state index is 12.4. The summed E-state index contributed by atoms with van der Waals surface area (Å²) in [6.07, 6.45) is -2.43. The van der Waals surface area contributed by atoms with E-state index in [1.54, 1.807) is 0 Å². The number of rotatable bonds is 3. The highest BCUT2D eigenvalue weighted by atomic mass is 19.4. The van der Waals surface area contributed by atoms with Gasteiger partial charge in [0.25, 0.3) is 0 Å². The van der Waals surface area contributed by atoms with Crippen LogP contribution in [0.4, 0.5) is 19.0 Å². The van der Waals surface area contributed by atoms with Crippen LogP contribution in [-0.2, 0) is 6.54 Å². The Labute approximate surface area is 118 Å². The molecular formula is C12H14F3N5O. The molecule has 0 bridgehead atoms. The van der Waals surface area contributed by atoms with Crippen LogP contribution in [0.25, 0.3) is 11.2 Å². The minimum atomic E-state index is -4.67. The van der Waals surface area contributed by atoms with Crippen LogP contribution in [0, 0.1) is 0 Å². The smallest absolute Gasteiger partial charge is 0.382 e. The van der Waals surface area contributed by atoms with E-state index in [0.717, 1.165) is 25.9 Å². The normalized spacial score (nSPS) is 17.6. The Morgan fingerprint density at radius 1 is 1.19 bits per heavy atom. The summed E-state index contributed by atoms with van der Waals surface area (Å²) in [6.45, 7) is 1.07. The fourth-order valence-electron chi connectivity index (χ4n) is 2.45. The Bertz CT molecular complexity index is 635. The summed E-state index contributed by atoms with van der Waals surface area (Å²) in [4.78, 5) is 14.3. The lowest BCUT2D eigenvalue weighted by Crippen LogP contribution is -2.32. The number of fused-ring (bicyclic) bond motifs is 1. The maximum absolute atomic E-state index is 12.4. The molecule has 1 saturated heterocycles. The van der Waals surface area contributed by atoms with Crippen LogP contribution in [0.2, 0.25) is 0 Å². The molecule has 3 heterocycles. The lowest BCUT2D eigenvalue weighted by Gasteiger charge is -2.17. The zero-order chi connectivity index (χ0) is 15.0. The van der Waals surface area contributed by atoms with Gasteiger partial charge < -0.3 is 14.6 Å². The highest BCUT2D eigenvalue weighted by Crippen LogP contribution is 2.26. The third kappa shape index (κ3) is 2.65. The summed E-state index contributed by atoms with van der Waals surface area (Å²) in [5, 5.41) is 9.17. The molecule has 0 aliphatic carbocycles. The molecule has 1 unspecified atom stereocenters. The highest BCUT2D eigenvalue weighted by molar-refractivity contribution is 5.83. The van der Waals surface area contributed by atoms with Gasteiger partial charge in [-0.3, -0.25) is 0 Å². The molecule has 1 aliphatic rings. The number of nitrogens with zero attached hydrogens (tertiary/aromatic N) is 5. The average molecular weight is 301 g/mol. The SMILES string of the molecule is OC(Cn1cnc2c(N3CCCC3)ncnc21)C(F)(F)F. The standard InChI is InChI=1S/C12H14F3N5O/c13-12(14,15)8(21)5-20-7-18-9-10(16-6-17-11(9)20)19-3-1-2-4-19/h6-8,21H,1-5H2. The fraction of sp³-hybridized carbons (Fsp3) is 0.583. The first kappa shape index (κ1) is 14.1. The van der Waals surface area contributed by atoms with E-state index in [1.807, 2.05) is 4.90 Å². The maximum Gasteiger partial charge on any atom is 0.416 e. The molecule has 1 aliphatic heterocycles. The zero-order valence-electron chi connectivity index (χ0n) is 11.1. The first-order chi connectivity index (χ1) is 9.97. The number of alkyl halides is 3. The molecule has 6 nitrogen and oxygen atoms in total. The first-order valence-corrected chi connectivity index (χ1v) is 6.62. The van der Waals surface area contributed by atoms with E-state index in [9.17, 15) is 18.3 Å². The first-order valence-electron chi connectivity index (χ1n) is 6.62. The largest absolute Gasteiger partial charge is 0.416 e. The van der Waals surface area contributed by atoms with Gasteiger partial charge in [-0.2, -0.15) is 13.2 Å². The number of aliphatic hydroxyl groups is 1. The van der Waals surface area contributed by atoms with Crippen LogP contribution < -0.4 is 4.90 Å². The molecule has 0 saturated carbocycles. The lowest BCUT2D eigenvalue weighted by molar-refractivity contribution is -0.207. The molecule has 0 spiro atoms. The van der Waals surface area contributed by atoms with Gasteiger partial charge >= 0.3 is 6.18 Å². The molecule has 1 N–H and O–H groups in total. The third-order valence-corrected chi connectivity index (χ3v) is 3.53. The van der Waals surface area contributed by atoms with Crippen LogP contribution in [0.3, 0.4) is 0 Å². The van der Waals surface area contributed by atoms with Gasteiger partial charge in [0.2, 0.25) is 0 Å². The molecule has 1 atom stereocenters. The van der Waals surface area contributed by atoms with E-state index in [2.05, 4.69) is 15.0 Å². The summed E-state index contributed by atoms with van der Waals surface area (Å²) in [7, 11) is 0. The van der Waals surface area contributed by atoms with Crippen molar-refractivity contribution in [2.24, 2.45) is 0 Å². The van der Waals surface area contributed by atoms with Crippen molar-refractivity contribution < 1.29 is 18.3 Å². The number of anilines is 1. The van der Waals surface area contributed by atoms with E-state index < -0.39 is 18.8 Å². The second-order valence-electron chi connectivity index (χ2n) is 5.02. The van der Waals surface area contributed by atoms with Crippen molar-refractivity contribution in [1.82, 2.24) is 19.5 Å². The van der Waals surface area contributed by atoms with Crippen molar-refractivity contribution in [2.45, 2.75) is 31.7 Å². The molecule has 3 rings (SSSR count). The van der Waals surface area contributed by atoms with Crippen molar-refractivity contribution >= 4 is 17.0 Å². The Morgan fingerprint density at radius 3 is 2.57 bits per heavy atom. The van der Waals surface area contributed by atoms with Crippen LogP contribution in [0.15, 0.2) is 12.7 Å². The van der Waals surface area contributed by atoms with Gasteiger partial charge in [0.15, 0.2) is 23.1 Å². The van der Waals surface area contributed by atoms with Crippen molar-refractivity contribution in [3.63, 3.8) is 0 Å². The van der Waals surface area contributed by atoms with Gasteiger partial charge in [0.05, 0.1) is 12.9 Å². The minimum Gasteiger partial charge on any atom is -0.382 e. The number of imidazole rings is 1. The van der Waals surface area contributed by atoms with Crippen LogP contribution >= 0.6 is 0 Å². The van der Waals surface area contributed by atoms with Gasteiger partial charge in [-0.05, 0) is 12.8 Å². The molecule has 1 fully saturated rings. The lowest BCUT2D eigenvalue weighted by atomic mass is 10.3. The summed E-state index contributed by atoms with van der Waals surface area (Å²) in [6, 6.07) is 0. The monoisotopic (exact) mass is 301 g/mol. The number of hydrogen-bond donors (Lipinski definition) is 1. The minimum absolute atomic E-state index is 0.301. The molecule has 0 amide bonds. The fourth-order valence-corrected chi connectivity index (χ4v) is 2.45. The van der Waals surface area contributed by atoms with Gasteiger partial charge in [-0.1, -0.05) is 0 Å². The molecule has 2 aromatic rings. The van der Waals surface area contributed by atoms with E-state index in [4.69, 9.17) is 0 Å². The summed E-state index contributed by atoms with van der Waals surface area (Å²) >= 11 is 0. The zero-order valence-corrected chi connectivity index (χ0v) is 11.1. The summed E-state index contributed by atoms with van der Waals surface area (Å²) < 4.78 is 38.5. The van der Waals surface area contributed by atoms with Gasteiger partial charge in [0, 0.05) is 13.1 Å². The third-order valence-electron chi connectivity index (χ3n) is 3.53. The van der Waals surface area contributed by atoms with Crippen LogP contribution in [0.1, 0.15) is 12.8 Å². The Morgan fingerprint density at radius 2 is 1.90 bits per heavy atom.